The number of ether oxygens (including phenoxy) is 1. The largest absolute Gasteiger partial charge is 0.444 e. The van der Waals surface area contributed by atoms with Gasteiger partial charge < -0.3 is 10.1 Å². The first-order valence-corrected chi connectivity index (χ1v) is 9.68. The first-order valence-electron chi connectivity index (χ1n) is 7.22. The molecule has 11 heteroatoms. The number of hydrogen-bond donors (Lipinski definition) is 2. The van der Waals surface area contributed by atoms with Crippen LogP contribution < -0.4 is 10.6 Å². The molecule has 0 radical (unpaired) electrons. The van der Waals surface area contributed by atoms with E-state index in [0.717, 1.165) is 22.7 Å². The van der Waals surface area contributed by atoms with Crippen LogP contribution in [0.15, 0.2) is 5.38 Å². The summed E-state index contributed by atoms with van der Waals surface area (Å²) in [6, 6.07) is 0. The summed E-state index contributed by atoms with van der Waals surface area (Å²) in [5.74, 6) is 0. The lowest BCUT2D eigenvalue weighted by molar-refractivity contribution is 0.0635. The van der Waals surface area contributed by atoms with Crippen LogP contribution in [-0.4, -0.2) is 11.7 Å². The molecule has 26 heavy (non-hydrogen) atoms. The van der Waals surface area contributed by atoms with Gasteiger partial charge in [0.25, 0.3) is 6.43 Å². The van der Waals surface area contributed by atoms with Crippen LogP contribution in [0.3, 0.4) is 0 Å². The van der Waals surface area contributed by atoms with Crippen molar-refractivity contribution in [2.24, 2.45) is 0 Å². The number of anilines is 3. The Morgan fingerprint density at radius 3 is 2.46 bits per heavy atom. The lowest BCUT2D eigenvalue weighted by Gasteiger charge is -2.20. The highest BCUT2D eigenvalue weighted by Crippen LogP contribution is 2.48. The fourth-order valence-electron chi connectivity index (χ4n) is 1.95. The highest BCUT2D eigenvalue weighted by atomic mass is 35.5. The quantitative estimate of drug-likeness (QED) is 0.496. The van der Waals surface area contributed by atoms with Gasteiger partial charge in [-0.15, -0.1) is 22.7 Å². The van der Waals surface area contributed by atoms with Crippen LogP contribution in [0.1, 0.15) is 38.3 Å². The van der Waals surface area contributed by atoms with E-state index in [-0.39, 0.29) is 30.6 Å². The predicted octanol–water partition coefficient (Wildman–Crippen LogP) is 7.61. The van der Waals surface area contributed by atoms with Crippen molar-refractivity contribution in [3.05, 3.63) is 25.2 Å². The average molecular weight is 447 g/mol. The van der Waals surface area contributed by atoms with Gasteiger partial charge in [-0.3, -0.25) is 5.32 Å². The number of carbonyl (C=O) groups excluding carboxylic acids is 1. The van der Waals surface area contributed by atoms with Crippen LogP contribution in [0, 0.1) is 0 Å². The van der Waals surface area contributed by atoms with Crippen LogP contribution in [0.25, 0.3) is 0 Å². The maximum atomic E-state index is 13.6. The zero-order chi connectivity index (χ0) is 19.6. The number of thiophene rings is 2. The Hall–Kier alpha value is -1.16. The minimum atomic E-state index is -2.95. The Kier molecular flexibility index (Phi) is 6.70. The Morgan fingerprint density at radius 2 is 1.92 bits per heavy atom. The maximum Gasteiger partial charge on any atom is 0.412 e. The van der Waals surface area contributed by atoms with Gasteiger partial charge in [0.15, 0.2) is 0 Å². The Morgan fingerprint density at radius 1 is 1.27 bits per heavy atom. The normalized spacial score (nSPS) is 11.7. The molecule has 0 saturated carbocycles. The van der Waals surface area contributed by atoms with Crippen molar-refractivity contribution in [2.45, 2.75) is 39.5 Å². The summed E-state index contributed by atoms with van der Waals surface area (Å²) < 4.78 is 45.5. The SMILES string of the molecule is CC(C)(C)OC(=O)Nc1c(Cl)sc(Nc2c(CF)csc2Cl)c1C(F)F. The molecule has 0 aliphatic heterocycles. The highest BCUT2D eigenvalue weighted by molar-refractivity contribution is 7.21. The zero-order valence-electron chi connectivity index (χ0n) is 13.9. The summed E-state index contributed by atoms with van der Waals surface area (Å²) >= 11 is 13.9. The molecule has 2 rings (SSSR count). The molecule has 0 aliphatic carbocycles. The fraction of sp³-hybridized carbons (Fsp3) is 0.400. The molecule has 0 bridgehead atoms. The van der Waals surface area contributed by atoms with E-state index in [1.165, 1.54) is 5.38 Å². The lowest BCUT2D eigenvalue weighted by atomic mass is 10.2. The minimum absolute atomic E-state index is 0.0361. The van der Waals surface area contributed by atoms with E-state index >= 15 is 0 Å². The van der Waals surface area contributed by atoms with Gasteiger partial charge in [-0.25, -0.2) is 18.0 Å². The second-order valence-electron chi connectivity index (χ2n) is 6.09. The molecule has 0 spiro atoms. The van der Waals surface area contributed by atoms with Gasteiger partial charge >= 0.3 is 6.09 Å². The number of amides is 1. The van der Waals surface area contributed by atoms with Crippen molar-refractivity contribution < 1.29 is 22.7 Å². The molecule has 1 amide bonds. The number of carbonyl (C=O) groups is 1. The van der Waals surface area contributed by atoms with Crippen LogP contribution in [0.5, 0.6) is 0 Å². The third kappa shape index (κ3) is 4.97. The standard InChI is InChI=1S/C15H15Cl2F3N2O2S2/c1-15(2,3)24-14(23)22-9-7(12(19)20)13(26-11(9)17)21-8-6(4-18)5-25-10(8)16/h5,12,21H,4H2,1-3H3,(H,22,23). The van der Waals surface area contributed by atoms with Crippen molar-refractivity contribution in [1.82, 2.24) is 0 Å². The van der Waals surface area contributed by atoms with E-state index in [1.807, 2.05) is 0 Å². The predicted molar refractivity (Wildman–Crippen MR) is 102 cm³/mol. The Bertz CT molecular complexity index is 804. The monoisotopic (exact) mass is 446 g/mol. The summed E-state index contributed by atoms with van der Waals surface area (Å²) in [5.41, 5.74) is -1.14. The Labute approximate surface area is 166 Å². The summed E-state index contributed by atoms with van der Waals surface area (Å²) in [7, 11) is 0. The number of halogens is 5. The van der Waals surface area contributed by atoms with E-state index in [4.69, 9.17) is 27.9 Å². The van der Waals surface area contributed by atoms with Crippen molar-refractivity contribution in [1.29, 1.82) is 0 Å². The van der Waals surface area contributed by atoms with Crippen molar-refractivity contribution in [2.75, 3.05) is 10.6 Å². The Balaban J connectivity index is 2.37. The van der Waals surface area contributed by atoms with Gasteiger partial charge in [0.2, 0.25) is 0 Å². The molecule has 4 nitrogen and oxygen atoms in total. The van der Waals surface area contributed by atoms with Crippen molar-refractivity contribution >= 4 is 68.3 Å². The van der Waals surface area contributed by atoms with Crippen LogP contribution >= 0.6 is 45.9 Å². The third-order valence-electron chi connectivity index (χ3n) is 2.95. The molecule has 2 heterocycles. The number of hydrogen-bond acceptors (Lipinski definition) is 5. The number of rotatable bonds is 5. The van der Waals surface area contributed by atoms with E-state index in [9.17, 15) is 18.0 Å². The van der Waals surface area contributed by atoms with Crippen LogP contribution in [0.2, 0.25) is 8.67 Å². The van der Waals surface area contributed by atoms with E-state index in [0.29, 0.717) is 0 Å². The molecule has 0 unspecified atom stereocenters. The van der Waals surface area contributed by atoms with Crippen molar-refractivity contribution in [3.63, 3.8) is 0 Å². The third-order valence-corrected chi connectivity index (χ3v) is 5.55. The molecule has 0 atom stereocenters. The topological polar surface area (TPSA) is 50.4 Å². The summed E-state index contributed by atoms with van der Waals surface area (Å²) in [6.45, 7) is 4.11. The van der Waals surface area contributed by atoms with E-state index in [1.54, 1.807) is 20.8 Å². The van der Waals surface area contributed by atoms with Gasteiger partial charge in [0.1, 0.15) is 25.9 Å². The summed E-state index contributed by atoms with van der Waals surface area (Å²) in [5, 5.41) is 6.41. The summed E-state index contributed by atoms with van der Waals surface area (Å²) in [6.07, 6.45) is -3.86. The van der Waals surface area contributed by atoms with Gasteiger partial charge in [0, 0.05) is 10.9 Å². The van der Waals surface area contributed by atoms with Gasteiger partial charge in [-0.1, -0.05) is 23.2 Å². The maximum absolute atomic E-state index is 13.6. The van der Waals surface area contributed by atoms with Gasteiger partial charge in [-0.2, -0.15) is 0 Å². The molecule has 2 aromatic rings. The molecule has 144 valence electrons. The minimum Gasteiger partial charge on any atom is -0.444 e. The molecule has 0 aliphatic rings. The number of alkyl halides is 3. The molecule has 2 N–H and O–H groups in total. The highest BCUT2D eigenvalue weighted by Gasteiger charge is 2.28. The lowest BCUT2D eigenvalue weighted by Crippen LogP contribution is -2.27. The second kappa shape index (κ2) is 8.24. The molecule has 2 aromatic heterocycles. The first-order chi connectivity index (χ1) is 12.0. The van der Waals surface area contributed by atoms with Crippen molar-refractivity contribution in [3.8, 4) is 0 Å². The summed E-state index contributed by atoms with van der Waals surface area (Å²) in [4.78, 5) is 11.9. The average Bonchev–Trinajstić information content (AvgIpc) is 2.99. The zero-order valence-corrected chi connectivity index (χ0v) is 17.0. The van der Waals surface area contributed by atoms with E-state index < -0.39 is 30.4 Å². The smallest absolute Gasteiger partial charge is 0.412 e. The first kappa shape index (κ1) is 21.1. The molecular formula is C15H15Cl2F3N2O2S2. The van der Waals surface area contributed by atoms with Gasteiger partial charge in [0.05, 0.1) is 16.9 Å². The molecule has 0 aromatic carbocycles. The molecular weight excluding hydrogens is 432 g/mol. The van der Waals surface area contributed by atoms with Gasteiger partial charge in [-0.05, 0) is 20.8 Å². The van der Waals surface area contributed by atoms with Crippen LogP contribution in [0.4, 0.5) is 34.3 Å². The molecule has 0 fully saturated rings. The second-order valence-corrected chi connectivity index (χ2v) is 9.19. The fourth-order valence-corrected chi connectivity index (χ4v) is 4.25. The molecule has 0 saturated heterocycles. The number of nitrogens with one attached hydrogen (secondary N) is 2. The van der Waals surface area contributed by atoms with E-state index in [2.05, 4.69) is 10.6 Å². The van der Waals surface area contributed by atoms with Crippen LogP contribution in [-0.2, 0) is 11.4 Å².